The lowest BCUT2D eigenvalue weighted by atomic mass is 10.4. The van der Waals surface area contributed by atoms with Crippen molar-refractivity contribution in [2.75, 3.05) is 7.11 Å². The quantitative estimate of drug-likeness (QED) is 0.758. The van der Waals surface area contributed by atoms with Gasteiger partial charge in [-0.1, -0.05) is 5.16 Å². The molecule has 0 spiro atoms. The van der Waals surface area contributed by atoms with Gasteiger partial charge in [-0.05, 0) is 11.4 Å². The molecule has 0 atom stereocenters. The molecule has 1 N–H and O–H groups in total. The monoisotopic (exact) mass is 249 g/mol. The summed E-state index contributed by atoms with van der Waals surface area (Å²) in [6, 6.07) is 1.85. The Morgan fingerprint density at radius 2 is 2.41 bits per heavy atom. The van der Waals surface area contributed by atoms with Gasteiger partial charge in [-0.15, -0.1) is 11.3 Å². The third-order valence-corrected chi connectivity index (χ3v) is 2.98. The molecule has 0 bridgehead atoms. The van der Waals surface area contributed by atoms with Crippen LogP contribution in [0.5, 0.6) is 5.75 Å². The Bertz CT molecular complexity index is 615. The Hall–Kier alpha value is -2.22. The summed E-state index contributed by atoms with van der Waals surface area (Å²) in [5.74, 6) is 1.95. The average molecular weight is 249 g/mol. The molecule has 86 valence electrons. The topological polar surface area (TPSA) is 89.7 Å². The molecule has 3 aromatic rings. The lowest BCUT2D eigenvalue weighted by Gasteiger charge is -1.95. The van der Waals surface area contributed by atoms with Crippen LogP contribution in [0.4, 0.5) is 0 Å². The van der Waals surface area contributed by atoms with Crippen molar-refractivity contribution in [2.45, 2.75) is 0 Å². The molecule has 0 aliphatic carbocycles. The number of nitrogens with one attached hydrogen (secondary N) is 1. The predicted molar refractivity (Wildman–Crippen MR) is 59.5 cm³/mol. The fourth-order valence-corrected chi connectivity index (χ4v) is 2.12. The molecule has 0 saturated heterocycles. The minimum absolute atomic E-state index is 0.368. The SMILES string of the molecule is COc1ccsc1-c1nc(-c2ncn[nH]2)no1. The van der Waals surface area contributed by atoms with Crippen LogP contribution in [0.25, 0.3) is 22.4 Å². The number of hydrogen-bond donors (Lipinski definition) is 1. The Labute approximate surface area is 99.5 Å². The molecule has 0 amide bonds. The van der Waals surface area contributed by atoms with Gasteiger partial charge in [0.15, 0.2) is 5.82 Å². The van der Waals surface area contributed by atoms with E-state index in [1.165, 1.54) is 17.7 Å². The number of hydrogen-bond acceptors (Lipinski definition) is 7. The van der Waals surface area contributed by atoms with E-state index >= 15 is 0 Å². The number of aromatic nitrogens is 5. The summed E-state index contributed by atoms with van der Waals surface area (Å²) in [5, 5.41) is 12.1. The molecule has 7 nitrogen and oxygen atoms in total. The molecule has 17 heavy (non-hydrogen) atoms. The van der Waals surface area contributed by atoms with Gasteiger partial charge < -0.3 is 9.26 Å². The second kappa shape index (κ2) is 3.98. The zero-order valence-corrected chi connectivity index (χ0v) is 9.56. The minimum atomic E-state index is 0.368. The van der Waals surface area contributed by atoms with E-state index < -0.39 is 0 Å². The second-order valence-corrected chi connectivity index (χ2v) is 3.99. The van der Waals surface area contributed by atoms with Gasteiger partial charge >= 0.3 is 0 Å². The van der Waals surface area contributed by atoms with Crippen LogP contribution in [0.15, 0.2) is 22.3 Å². The van der Waals surface area contributed by atoms with Gasteiger partial charge in [0.25, 0.3) is 5.89 Å². The molecule has 0 unspecified atom stereocenters. The van der Waals surface area contributed by atoms with Gasteiger partial charge in [0, 0.05) is 0 Å². The van der Waals surface area contributed by atoms with E-state index in [0.29, 0.717) is 23.3 Å². The fraction of sp³-hybridized carbons (Fsp3) is 0.111. The summed E-state index contributed by atoms with van der Waals surface area (Å²) >= 11 is 1.47. The molecule has 0 fully saturated rings. The third kappa shape index (κ3) is 1.68. The predicted octanol–water partition coefficient (Wildman–Crippen LogP) is 1.59. The standard InChI is InChI=1S/C9H7N5O2S/c1-15-5-2-3-17-6(5)9-12-8(14-16-9)7-10-4-11-13-7/h2-4H,1H3,(H,10,11,13). The smallest absolute Gasteiger partial charge is 0.272 e. The highest BCUT2D eigenvalue weighted by Crippen LogP contribution is 2.34. The highest BCUT2D eigenvalue weighted by Gasteiger charge is 2.17. The van der Waals surface area contributed by atoms with Crippen LogP contribution in [0.2, 0.25) is 0 Å². The van der Waals surface area contributed by atoms with Crippen molar-refractivity contribution in [1.82, 2.24) is 25.3 Å². The summed E-state index contributed by atoms with van der Waals surface area (Å²) in [6.07, 6.45) is 1.39. The van der Waals surface area contributed by atoms with E-state index in [2.05, 4.69) is 25.3 Å². The van der Waals surface area contributed by atoms with Crippen LogP contribution >= 0.6 is 11.3 Å². The summed E-state index contributed by atoms with van der Waals surface area (Å²) in [6.45, 7) is 0. The number of methoxy groups -OCH3 is 1. The van der Waals surface area contributed by atoms with Crippen LogP contribution in [0.3, 0.4) is 0 Å². The molecule has 8 heteroatoms. The zero-order chi connectivity index (χ0) is 11.7. The number of rotatable bonds is 3. The maximum atomic E-state index is 5.19. The van der Waals surface area contributed by atoms with Crippen molar-refractivity contribution < 1.29 is 9.26 Å². The molecular formula is C9H7N5O2S. The Kier molecular flexibility index (Phi) is 2.33. The highest BCUT2D eigenvalue weighted by atomic mass is 32.1. The molecule has 3 rings (SSSR count). The van der Waals surface area contributed by atoms with E-state index in [-0.39, 0.29) is 0 Å². The second-order valence-electron chi connectivity index (χ2n) is 3.08. The van der Waals surface area contributed by atoms with Gasteiger partial charge in [-0.25, -0.2) is 4.98 Å². The summed E-state index contributed by atoms with van der Waals surface area (Å²) in [5.41, 5.74) is 0. The van der Waals surface area contributed by atoms with Crippen molar-refractivity contribution >= 4 is 11.3 Å². The van der Waals surface area contributed by atoms with Crippen molar-refractivity contribution in [3.8, 4) is 28.2 Å². The zero-order valence-electron chi connectivity index (χ0n) is 8.75. The first-order chi connectivity index (χ1) is 8.38. The molecule has 0 aliphatic rings. The van der Waals surface area contributed by atoms with Gasteiger partial charge in [0.1, 0.15) is 17.0 Å². The molecular weight excluding hydrogens is 242 g/mol. The van der Waals surface area contributed by atoms with Crippen LogP contribution in [-0.4, -0.2) is 32.4 Å². The molecule has 0 aliphatic heterocycles. The third-order valence-electron chi connectivity index (χ3n) is 2.10. The first kappa shape index (κ1) is 9.97. The van der Waals surface area contributed by atoms with E-state index in [1.807, 2.05) is 11.4 Å². The van der Waals surface area contributed by atoms with Crippen molar-refractivity contribution in [2.24, 2.45) is 0 Å². The van der Waals surface area contributed by atoms with Gasteiger partial charge in [0.2, 0.25) is 5.82 Å². The maximum Gasteiger partial charge on any atom is 0.272 e. The number of thiophene rings is 1. The molecule has 0 saturated carbocycles. The summed E-state index contributed by atoms with van der Waals surface area (Å²) in [4.78, 5) is 8.96. The van der Waals surface area contributed by atoms with Crippen molar-refractivity contribution in [1.29, 1.82) is 0 Å². The highest BCUT2D eigenvalue weighted by molar-refractivity contribution is 7.13. The van der Waals surface area contributed by atoms with Gasteiger partial charge in [-0.3, -0.25) is 5.10 Å². The molecule has 3 heterocycles. The van der Waals surface area contributed by atoms with Crippen LogP contribution < -0.4 is 4.74 Å². The van der Waals surface area contributed by atoms with Gasteiger partial charge in [0.05, 0.1) is 7.11 Å². The lowest BCUT2D eigenvalue weighted by Crippen LogP contribution is -1.84. The normalized spacial score (nSPS) is 10.6. The van der Waals surface area contributed by atoms with Crippen LogP contribution in [0.1, 0.15) is 0 Å². The Balaban J connectivity index is 2.01. The van der Waals surface area contributed by atoms with E-state index in [4.69, 9.17) is 9.26 Å². The Morgan fingerprint density at radius 3 is 3.18 bits per heavy atom. The van der Waals surface area contributed by atoms with Crippen LogP contribution in [0, 0.1) is 0 Å². The number of H-pyrrole nitrogens is 1. The first-order valence-electron chi connectivity index (χ1n) is 4.70. The van der Waals surface area contributed by atoms with Crippen molar-refractivity contribution in [3.05, 3.63) is 17.8 Å². The molecule has 0 radical (unpaired) electrons. The van der Waals surface area contributed by atoms with Crippen LogP contribution in [-0.2, 0) is 0 Å². The fourth-order valence-electron chi connectivity index (χ4n) is 1.34. The Morgan fingerprint density at radius 1 is 1.47 bits per heavy atom. The van der Waals surface area contributed by atoms with E-state index in [9.17, 15) is 0 Å². The van der Waals surface area contributed by atoms with E-state index in [0.717, 1.165) is 4.88 Å². The average Bonchev–Trinajstić information content (AvgIpc) is 3.09. The van der Waals surface area contributed by atoms with E-state index in [1.54, 1.807) is 7.11 Å². The summed E-state index contributed by atoms with van der Waals surface area (Å²) < 4.78 is 10.3. The number of nitrogens with zero attached hydrogens (tertiary/aromatic N) is 4. The molecule has 3 aromatic heterocycles. The van der Waals surface area contributed by atoms with Gasteiger partial charge in [-0.2, -0.15) is 10.1 Å². The number of aromatic amines is 1. The summed E-state index contributed by atoms with van der Waals surface area (Å²) in [7, 11) is 1.60. The largest absolute Gasteiger partial charge is 0.495 e. The molecule has 0 aromatic carbocycles. The minimum Gasteiger partial charge on any atom is -0.495 e. The van der Waals surface area contributed by atoms with Crippen molar-refractivity contribution in [3.63, 3.8) is 0 Å². The first-order valence-corrected chi connectivity index (χ1v) is 5.57. The number of ether oxygens (including phenoxy) is 1. The lowest BCUT2D eigenvalue weighted by molar-refractivity contribution is 0.408. The maximum absolute atomic E-state index is 5.19.